The minimum absolute atomic E-state index is 0.0320. The number of anilines is 1. The maximum Gasteiger partial charge on any atom is 0.250 e. The van der Waals surface area contributed by atoms with Gasteiger partial charge in [-0.2, -0.15) is 0 Å². The van der Waals surface area contributed by atoms with Gasteiger partial charge in [-0.3, -0.25) is 4.79 Å². The lowest BCUT2D eigenvalue weighted by molar-refractivity contribution is 0.100. The van der Waals surface area contributed by atoms with Gasteiger partial charge in [0, 0.05) is 13.0 Å². The number of hydrogen-bond acceptors (Lipinski definition) is 3. The SMILES string of the molecule is CCCN1c2c(cccc2C(N)=O)CC1N. The van der Waals surface area contributed by atoms with Gasteiger partial charge < -0.3 is 16.4 Å². The van der Waals surface area contributed by atoms with Gasteiger partial charge >= 0.3 is 0 Å². The third-order valence-electron chi connectivity index (χ3n) is 2.97. The van der Waals surface area contributed by atoms with Crippen LogP contribution in [0.5, 0.6) is 0 Å². The van der Waals surface area contributed by atoms with E-state index in [4.69, 9.17) is 11.5 Å². The van der Waals surface area contributed by atoms with E-state index in [1.54, 1.807) is 6.07 Å². The van der Waals surface area contributed by atoms with Gasteiger partial charge in [0.25, 0.3) is 5.91 Å². The Morgan fingerprint density at radius 1 is 1.56 bits per heavy atom. The molecule has 4 N–H and O–H groups in total. The summed E-state index contributed by atoms with van der Waals surface area (Å²) in [7, 11) is 0. The van der Waals surface area contributed by atoms with Crippen molar-refractivity contribution >= 4 is 11.6 Å². The van der Waals surface area contributed by atoms with Crippen molar-refractivity contribution in [2.75, 3.05) is 11.4 Å². The number of hydrogen-bond donors (Lipinski definition) is 2. The number of para-hydroxylation sites is 1. The molecule has 1 heterocycles. The van der Waals surface area contributed by atoms with Gasteiger partial charge in [0.15, 0.2) is 0 Å². The van der Waals surface area contributed by atoms with Crippen LogP contribution in [-0.2, 0) is 6.42 Å². The fourth-order valence-electron chi connectivity index (χ4n) is 2.31. The lowest BCUT2D eigenvalue weighted by Crippen LogP contribution is -2.40. The number of carbonyl (C=O) groups is 1. The minimum atomic E-state index is -0.382. The zero-order valence-corrected chi connectivity index (χ0v) is 9.44. The van der Waals surface area contributed by atoms with Crippen LogP contribution >= 0.6 is 0 Å². The number of amides is 1. The predicted octanol–water partition coefficient (Wildman–Crippen LogP) is 0.843. The summed E-state index contributed by atoms with van der Waals surface area (Å²) >= 11 is 0. The molecule has 16 heavy (non-hydrogen) atoms. The van der Waals surface area contributed by atoms with Gasteiger partial charge in [0.05, 0.1) is 17.4 Å². The lowest BCUT2D eigenvalue weighted by Gasteiger charge is -2.25. The van der Waals surface area contributed by atoms with Crippen molar-refractivity contribution in [3.8, 4) is 0 Å². The smallest absolute Gasteiger partial charge is 0.250 e. The van der Waals surface area contributed by atoms with E-state index in [0.29, 0.717) is 5.56 Å². The van der Waals surface area contributed by atoms with Crippen molar-refractivity contribution in [1.82, 2.24) is 0 Å². The summed E-state index contributed by atoms with van der Waals surface area (Å²) in [4.78, 5) is 13.5. The summed E-state index contributed by atoms with van der Waals surface area (Å²) in [5, 5.41) is 0. The van der Waals surface area contributed by atoms with Crippen LogP contribution in [0.2, 0.25) is 0 Å². The second-order valence-corrected chi connectivity index (χ2v) is 4.14. The van der Waals surface area contributed by atoms with Crippen molar-refractivity contribution in [3.63, 3.8) is 0 Å². The van der Waals surface area contributed by atoms with Crippen LogP contribution in [0.4, 0.5) is 5.69 Å². The second-order valence-electron chi connectivity index (χ2n) is 4.14. The summed E-state index contributed by atoms with van der Waals surface area (Å²) in [6, 6.07) is 5.64. The Balaban J connectivity index is 2.48. The van der Waals surface area contributed by atoms with Gasteiger partial charge in [-0.1, -0.05) is 19.1 Å². The van der Waals surface area contributed by atoms with E-state index >= 15 is 0 Å². The zero-order chi connectivity index (χ0) is 11.7. The zero-order valence-electron chi connectivity index (χ0n) is 9.44. The molecule has 0 spiro atoms. The molecule has 1 aromatic carbocycles. The van der Waals surface area contributed by atoms with Crippen molar-refractivity contribution < 1.29 is 4.79 Å². The first-order chi connectivity index (χ1) is 7.65. The monoisotopic (exact) mass is 219 g/mol. The Morgan fingerprint density at radius 3 is 2.94 bits per heavy atom. The van der Waals surface area contributed by atoms with Crippen LogP contribution in [0.3, 0.4) is 0 Å². The van der Waals surface area contributed by atoms with Gasteiger partial charge in [0.1, 0.15) is 0 Å². The summed E-state index contributed by atoms with van der Waals surface area (Å²) < 4.78 is 0. The molecule has 0 aliphatic carbocycles. The second kappa shape index (κ2) is 4.14. The number of fused-ring (bicyclic) bond motifs is 1. The van der Waals surface area contributed by atoms with Crippen molar-refractivity contribution in [3.05, 3.63) is 29.3 Å². The highest BCUT2D eigenvalue weighted by molar-refractivity contribution is 6.00. The third-order valence-corrected chi connectivity index (χ3v) is 2.97. The van der Waals surface area contributed by atoms with Crippen LogP contribution in [0, 0.1) is 0 Å². The minimum Gasteiger partial charge on any atom is -0.366 e. The average Bonchev–Trinajstić information content (AvgIpc) is 2.55. The molecule has 1 aliphatic heterocycles. The van der Waals surface area contributed by atoms with Crippen molar-refractivity contribution in [2.24, 2.45) is 11.5 Å². The van der Waals surface area contributed by atoms with E-state index in [0.717, 1.165) is 30.6 Å². The van der Waals surface area contributed by atoms with Crippen LogP contribution in [0.15, 0.2) is 18.2 Å². The Morgan fingerprint density at radius 2 is 2.31 bits per heavy atom. The van der Waals surface area contributed by atoms with Gasteiger partial charge in [-0.05, 0) is 18.1 Å². The topological polar surface area (TPSA) is 72.3 Å². The van der Waals surface area contributed by atoms with Crippen LogP contribution in [0.25, 0.3) is 0 Å². The van der Waals surface area contributed by atoms with E-state index in [1.807, 2.05) is 12.1 Å². The van der Waals surface area contributed by atoms with E-state index in [9.17, 15) is 4.79 Å². The molecular weight excluding hydrogens is 202 g/mol. The molecular formula is C12H17N3O. The summed E-state index contributed by atoms with van der Waals surface area (Å²) in [6.07, 6.45) is 1.76. The molecule has 0 aromatic heterocycles. The van der Waals surface area contributed by atoms with Gasteiger partial charge in [0.2, 0.25) is 0 Å². The molecule has 1 aromatic rings. The van der Waals surface area contributed by atoms with E-state index in [1.165, 1.54) is 0 Å². The first-order valence-electron chi connectivity index (χ1n) is 5.59. The predicted molar refractivity (Wildman–Crippen MR) is 64.3 cm³/mol. The fraction of sp³-hybridized carbons (Fsp3) is 0.417. The molecule has 1 atom stereocenters. The normalized spacial score (nSPS) is 18.6. The van der Waals surface area contributed by atoms with Crippen molar-refractivity contribution in [1.29, 1.82) is 0 Å². The molecule has 0 bridgehead atoms. The molecule has 1 aliphatic rings. The first kappa shape index (κ1) is 11.0. The number of rotatable bonds is 3. The summed E-state index contributed by atoms with van der Waals surface area (Å²) in [6.45, 7) is 2.95. The largest absolute Gasteiger partial charge is 0.366 e. The van der Waals surface area contributed by atoms with E-state index in [2.05, 4.69) is 11.8 Å². The number of benzene rings is 1. The molecule has 86 valence electrons. The number of nitrogens with two attached hydrogens (primary N) is 2. The Hall–Kier alpha value is -1.55. The molecule has 2 rings (SSSR count). The Kier molecular flexibility index (Phi) is 2.83. The maximum atomic E-state index is 11.4. The maximum absolute atomic E-state index is 11.4. The molecule has 0 saturated carbocycles. The highest BCUT2D eigenvalue weighted by Crippen LogP contribution is 2.33. The third kappa shape index (κ3) is 1.65. The molecule has 0 saturated heterocycles. The summed E-state index contributed by atoms with van der Waals surface area (Å²) in [5.74, 6) is -0.382. The first-order valence-corrected chi connectivity index (χ1v) is 5.59. The average molecular weight is 219 g/mol. The van der Waals surface area contributed by atoms with Crippen LogP contribution in [0.1, 0.15) is 29.3 Å². The summed E-state index contributed by atoms with van der Waals surface area (Å²) in [5.41, 5.74) is 14.1. The molecule has 1 unspecified atom stereocenters. The number of carbonyl (C=O) groups excluding carboxylic acids is 1. The van der Waals surface area contributed by atoms with Crippen LogP contribution in [-0.4, -0.2) is 18.6 Å². The van der Waals surface area contributed by atoms with E-state index in [-0.39, 0.29) is 12.1 Å². The fourth-order valence-corrected chi connectivity index (χ4v) is 2.31. The number of primary amides is 1. The van der Waals surface area contributed by atoms with E-state index < -0.39 is 0 Å². The highest BCUT2D eigenvalue weighted by atomic mass is 16.1. The molecule has 0 fully saturated rings. The molecule has 4 nitrogen and oxygen atoms in total. The Bertz CT molecular complexity index is 417. The van der Waals surface area contributed by atoms with Gasteiger partial charge in [-0.25, -0.2) is 0 Å². The van der Waals surface area contributed by atoms with Crippen molar-refractivity contribution in [2.45, 2.75) is 25.9 Å². The molecule has 1 amide bonds. The quantitative estimate of drug-likeness (QED) is 0.791. The standard InChI is InChI=1S/C12H17N3O/c1-2-6-15-10(13)7-8-4-3-5-9(11(8)15)12(14)16/h3-5,10H,2,6-7,13H2,1H3,(H2,14,16). The Labute approximate surface area is 95.2 Å². The van der Waals surface area contributed by atoms with Gasteiger partial charge in [-0.15, -0.1) is 0 Å². The highest BCUT2D eigenvalue weighted by Gasteiger charge is 2.29. The number of nitrogens with zero attached hydrogens (tertiary/aromatic N) is 1. The molecule has 0 radical (unpaired) electrons. The van der Waals surface area contributed by atoms with Crippen LogP contribution < -0.4 is 16.4 Å². The molecule has 4 heteroatoms. The lowest BCUT2D eigenvalue weighted by atomic mass is 10.1.